The Morgan fingerprint density at radius 2 is 1.67 bits per heavy atom. The number of ketones is 1. The van der Waals surface area contributed by atoms with Crippen molar-refractivity contribution in [1.82, 2.24) is 5.32 Å². The summed E-state index contributed by atoms with van der Waals surface area (Å²) in [6, 6.07) is 18.1. The van der Waals surface area contributed by atoms with Crippen LogP contribution in [0.4, 0.5) is 11.4 Å². The molecule has 0 saturated carbocycles. The lowest BCUT2D eigenvalue weighted by atomic mass is 10.1. The average Bonchev–Trinajstić information content (AvgIpc) is 3.00. The van der Waals surface area contributed by atoms with Gasteiger partial charge in [0.05, 0.1) is 24.7 Å². The molecule has 0 aromatic heterocycles. The average molecular weight is 676 g/mol. The molecule has 0 radical (unpaired) electrons. The molecule has 0 saturated heterocycles. The van der Waals surface area contributed by atoms with E-state index in [1.807, 2.05) is 0 Å². The van der Waals surface area contributed by atoms with Gasteiger partial charge in [-0.25, -0.2) is 17.8 Å². The number of nitroso groups, excluding NO2 is 1. The van der Waals surface area contributed by atoms with Crippen LogP contribution >= 0.6 is 7.60 Å². The zero-order valence-electron chi connectivity index (χ0n) is 25.3. The first-order valence-electron chi connectivity index (χ1n) is 14.0. The summed E-state index contributed by atoms with van der Waals surface area (Å²) in [7, 11) is -7.60. The van der Waals surface area contributed by atoms with Crippen molar-refractivity contribution in [2.45, 2.75) is 32.8 Å². The number of Topliss-reactive ketones (excluding diaryl/α,β-unsaturated/α-hetero) is 1. The molecule has 0 aliphatic carbocycles. The maximum atomic E-state index is 13.5. The van der Waals surface area contributed by atoms with Crippen molar-refractivity contribution in [3.63, 3.8) is 0 Å². The lowest BCUT2D eigenvalue weighted by molar-refractivity contribution is -0.150. The summed E-state index contributed by atoms with van der Waals surface area (Å²) in [6.45, 7) is 2.99. The Kier molecular flexibility index (Phi) is 13.0. The monoisotopic (exact) mass is 675 g/mol. The van der Waals surface area contributed by atoms with Gasteiger partial charge in [0.1, 0.15) is 17.2 Å². The molecule has 46 heavy (non-hydrogen) atoms. The Balaban J connectivity index is 1.59. The molecule has 2 N–H and O–H groups in total. The second kappa shape index (κ2) is 16.6. The molecule has 16 heteroatoms. The topological polar surface area (TPSA) is 193 Å². The number of esters is 1. The molecule has 0 bridgehead atoms. The normalized spacial score (nSPS) is 13.0. The highest BCUT2D eigenvalue weighted by molar-refractivity contribution is 7.92. The zero-order valence-corrected chi connectivity index (χ0v) is 27.0. The van der Waals surface area contributed by atoms with E-state index < -0.39 is 35.6 Å². The van der Waals surface area contributed by atoms with Crippen molar-refractivity contribution in [3.8, 4) is 17.2 Å². The molecule has 0 fully saturated rings. The minimum Gasteiger partial charge on any atom is -0.464 e. The van der Waals surface area contributed by atoms with Crippen LogP contribution in [-0.2, 0) is 33.4 Å². The number of rotatable bonds is 18. The van der Waals surface area contributed by atoms with Crippen LogP contribution in [0.15, 0.2) is 78.0 Å². The summed E-state index contributed by atoms with van der Waals surface area (Å²) in [5.74, 6) is -1.19. The summed E-state index contributed by atoms with van der Waals surface area (Å²) >= 11 is 0. The van der Waals surface area contributed by atoms with Gasteiger partial charge in [-0.3, -0.25) is 18.8 Å². The van der Waals surface area contributed by atoms with Gasteiger partial charge in [0.2, 0.25) is 15.9 Å². The van der Waals surface area contributed by atoms with E-state index in [-0.39, 0.29) is 72.1 Å². The van der Waals surface area contributed by atoms with Crippen molar-refractivity contribution in [2.24, 2.45) is 5.18 Å². The van der Waals surface area contributed by atoms with Crippen LogP contribution in [0.3, 0.4) is 0 Å². The summed E-state index contributed by atoms with van der Waals surface area (Å²) in [5.41, 5.74) is 0.271. The van der Waals surface area contributed by atoms with Crippen molar-refractivity contribution in [2.75, 3.05) is 30.3 Å². The highest BCUT2D eigenvalue weighted by atomic mass is 32.2. The molecular formula is C30H34N3O11PS. The fourth-order valence-electron chi connectivity index (χ4n) is 3.89. The molecule has 0 spiro atoms. The number of hydrogen-bond acceptors (Lipinski definition) is 12. The predicted octanol–water partition coefficient (Wildman–Crippen LogP) is 5.57. The van der Waals surface area contributed by atoms with Crippen molar-refractivity contribution in [1.29, 1.82) is 0 Å². The Morgan fingerprint density at radius 3 is 2.35 bits per heavy atom. The number of hydrogen-bond donors (Lipinski definition) is 2. The SMILES string of the molecule is CCOC(=O)[C@@H](C)OP(=O)(CCNC(=O)CCC(=O)c1cccc(Oc2cc(N=O)ccc2NS(C)(=O)=O)c1)Oc1ccccc1. The number of ether oxygens (including phenoxy) is 2. The minimum atomic E-state index is -3.93. The van der Waals surface area contributed by atoms with Crippen LogP contribution < -0.4 is 19.3 Å². The van der Waals surface area contributed by atoms with Gasteiger partial charge in [0.15, 0.2) is 17.6 Å². The molecule has 3 aromatic carbocycles. The van der Waals surface area contributed by atoms with E-state index in [4.69, 9.17) is 18.5 Å². The zero-order chi connectivity index (χ0) is 33.7. The number of nitrogens with one attached hydrogen (secondary N) is 2. The molecule has 1 unspecified atom stereocenters. The van der Waals surface area contributed by atoms with E-state index in [2.05, 4.69) is 15.2 Å². The Bertz CT molecular complexity index is 1700. The quantitative estimate of drug-likeness (QED) is 0.0741. The number of nitrogens with zero attached hydrogens (tertiary/aromatic N) is 1. The van der Waals surface area contributed by atoms with Crippen LogP contribution in [0.5, 0.6) is 17.2 Å². The first-order valence-corrected chi connectivity index (χ1v) is 17.6. The largest absolute Gasteiger partial charge is 0.464 e. The van der Waals surface area contributed by atoms with Gasteiger partial charge in [0.25, 0.3) is 0 Å². The number of carbonyl (C=O) groups is 3. The summed E-state index contributed by atoms with van der Waals surface area (Å²) < 4.78 is 61.0. The summed E-state index contributed by atoms with van der Waals surface area (Å²) in [5, 5.41) is 5.41. The van der Waals surface area contributed by atoms with Crippen LogP contribution in [-0.4, -0.2) is 57.8 Å². The van der Waals surface area contributed by atoms with E-state index in [0.717, 1.165) is 6.26 Å². The van der Waals surface area contributed by atoms with Crippen molar-refractivity contribution < 1.29 is 45.9 Å². The van der Waals surface area contributed by atoms with Gasteiger partial charge in [0, 0.05) is 31.0 Å². The van der Waals surface area contributed by atoms with E-state index in [0.29, 0.717) is 0 Å². The molecule has 1 amide bonds. The first-order chi connectivity index (χ1) is 21.8. The Labute approximate surface area is 266 Å². The van der Waals surface area contributed by atoms with Crippen LogP contribution in [0.1, 0.15) is 37.0 Å². The molecule has 3 rings (SSSR count). The maximum Gasteiger partial charge on any atom is 0.381 e. The van der Waals surface area contributed by atoms with Gasteiger partial charge < -0.3 is 19.3 Å². The molecule has 3 aromatic rings. The molecule has 246 valence electrons. The van der Waals surface area contributed by atoms with Crippen molar-refractivity contribution in [3.05, 3.63) is 83.3 Å². The maximum absolute atomic E-state index is 13.5. The fourth-order valence-corrected chi connectivity index (χ4v) is 6.10. The predicted molar refractivity (Wildman–Crippen MR) is 170 cm³/mol. The highest BCUT2D eigenvalue weighted by Crippen LogP contribution is 2.49. The molecule has 0 aliphatic rings. The van der Waals surface area contributed by atoms with Crippen LogP contribution in [0.25, 0.3) is 0 Å². The number of sulfonamides is 1. The van der Waals surface area contributed by atoms with Crippen LogP contribution in [0, 0.1) is 4.91 Å². The van der Waals surface area contributed by atoms with E-state index in [9.17, 15) is 32.3 Å². The number of benzene rings is 3. The Hall–Kier alpha value is -4.59. The third kappa shape index (κ3) is 11.7. The van der Waals surface area contributed by atoms with Gasteiger partial charge in [-0.1, -0.05) is 30.3 Å². The standard InChI is InChI=1S/C30H34N3O11PS/c1-4-41-30(36)21(2)43-45(38,44-24-10-6-5-7-11-24)18-17-31-29(35)16-15-27(34)22-9-8-12-25(19-22)42-28-20-23(32-37)13-14-26(28)33-46(3,39)40/h5-14,19-21,33H,4,15-18H2,1-3H3,(H,31,35)/t21-,45?/m1/s1. The van der Waals surface area contributed by atoms with E-state index >= 15 is 0 Å². The molecule has 0 aliphatic heterocycles. The van der Waals surface area contributed by atoms with Gasteiger partial charge in [-0.2, -0.15) is 0 Å². The van der Waals surface area contributed by atoms with Gasteiger partial charge >= 0.3 is 13.6 Å². The first kappa shape index (κ1) is 35.9. The fraction of sp³-hybridized carbons (Fsp3) is 0.300. The van der Waals surface area contributed by atoms with E-state index in [1.54, 1.807) is 37.3 Å². The summed E-state index contributed by atoms with van der Waals surface area (Å²) in [6.07, 6.45) is -0.855. The highest BCUT2D eigenvalue weighted by Gasteiger charge is 2.32. The Morgan fingerprint density at radius 1 is 0.957 bits per heavy atom. The molecule has 2 atom stereocenters. The third-order valence-corrected chi connectivity index (χ3v) is 8.45. The smallest absolute Gasteiger partial charge is 0.381 e. The third-order valence-electron chi connectivity index (χ3n) is 5.96. The second-order valence-corrected chi connectivity index (χ2v) is 13.6. The molecular weight excluding hydrogens is 641 g/mol. The van der Waals surface area contributed by atoms with E-state index in [1.165, 1.54) is 49.4 Å². The summed E-state index contributed by atoms with van der Waals surface area (Å²) in [4.78, 5) is 48.4. The number of para-hydroxylation sites is 1. The minimum absolute atomic E-state index is 0.00431. The van der Waals surface area contributed by atoms with Gasteiger partial charge in [-0.15, -0.1) is 4.91 Å². The van der Waals surface area contributed by atoms with Crippen molar-refractivity contribution >= 4 is 46.7 Å². The lowest BCUT2D eigenvalue weighted by Gasteiger charge is -2.22. The van der Waals surface area contributed by atoms with Crippen LogP contribution in [0.2, 0.25) is 0 Å². The number of amides is 1. The van der Waals surface area contributed by atoms with Gasteiger partial charge in [-0.05, 0) is 55.4 Å². The lowest BCUT2D eigenvalue weighted by Crippen LogP contribution is -2.29. The number of carbonyl (C=O) groups excluding carboxylic acids is 3. The molecule has 0 heterocycles. The molecule has 14 nitrogen and oxygen atoms in total. The number of anilines is 1. The second-order valence-electron chi connectivity index (χ2n) is 9.79.